The fraction of sp³-hybridized carbons (Fsp3) is 0.455. The Balaban J connectivity index is 2.20. The van der Waals surface area contributed by atoms with Crippen LogP contribution in [0.1, 0.15) is 5.56 Å². The van der Waals surface area contributed by atoms with E-state index in [2.05, 4.69) is 41.8 Å². The average molecular weight is 209 g/mol. The van der Waals surface area contributed by atoms with Crippen LogP contribution in [0.15, 0.2) is 24.3 Å². The van der Waals surface area contributed by atoms with E-state index >= 15 is 0 Å². The third-order valence-electron chi connectivity index (χ3n) is 2.51. The summed E-state index contributed by atoms with van der Waals surface area (Å²) in [6.07, 6.45) is 0. The molecule has 0 unspecified atom stereocenters. The molecule has 0 saturated carbocycles. The van der Waals surface area contributed by atoms with Crippen molar-refractivity contribution in [3.63, 3.8) is 0 Å². The Morgan fingerprint density at radius 3 is 2.64 bits per heavy atom. The van der Waals surface area contributed by atoms with Gasteiger partial charge in [-0.2, -0.15) is 12.6 Å². The maximum absolute atomic E-state index is 5.33. The minimum absolute atomic E-state index is 0.799. The molecule has 1 aliphatic heterocycles. The Bertz CT molecular complexity index is 297. The molecular weight excluding hydrogens is 194 g/mol. The first-order valence-corrected chi connectivity index (χ1v) is 5.56. The van der Waals surface area contributed by atoms with Crippen molar-refractivity contribution in [2.75, 3.05) is 31.2 Å². The van der Waals surface area contributed by atoms with Crippen LogP contribution in [-0.4, -0.2) is 26.3 Å². The van der Waals surface area contributed by atoms with Crippen LogP contribution in [0.5, 0.6) is 0 Å². The van der Waals surface area contributed by atoms with Crippen molar-refractivity contribution in [1.29, 1.82) is 0 Å². The number of hydrogen-bond acceptors (Lipinski definition) is 3. The number of morpholine rings is 1. The molecule has 1 heterocycles. The number of ether oxygens (including phenoxy) is 1. The first-order valence-electron chi connectivity index (χ1n) is 4.93. The minimum atomic E-state index is 0.799. The number of nitrogens with zero attached hydrogens (tertiary/aromatic N) is 1. The normalized spacial score (nSPS) is 17.1. The van der Waals surface area contributed by atoms with E-state index in [1.54, 1.807) is 0 Å². The lowest BCUT2D eigenvalue weighted by Gasteiger charge is -2.30. The standard InChI is InChI=1S/C11H15NOS/c14-9-10-3-1-2-4-11(10)12-5-7-13-8-6-12/h1-4,14H,5-9H2. The average Bonchev–Trinajstić information content (AvgIpc) is 2.30. The van der Waals surface area contributed by atoms with Crippen molar-refractivity contribution in [2.24, 2.45) is 0 Å². The van der Waals surface area contributed by atoms with Gasteiger partial charge < -0.3 is 9.64 Å². The van der Waals surface area contributed by atoms with Gasteiger partial charge in [0.05, 0.1) is 13.2 Å². The Kier molecular flexibility index (Phi) is 3.32. The van der Waals surface area contributed by atoms with Gasteiger partial charge in [-0.05, 0) is 11.6 Å². The van der Waals surface area contributed by atoms with E-state index < -0.39 is 0 Å². The molecule has 1 aromatic rings. The lowest BCUT2D eigenvalue weighted by Crippen LogP contribution is -2.36. The van der Waals surface area contributed by atoms with Crippen LogP contribution >= 0.6 is 12.6 Å². The van der Waals surface area contributed by atoms with Crippen molar-refractivity contribution in [2.45, 2.75) is 5.75 Å². The first kappa shape index (κ1) is 9.87. The predicted octanol–water partition coefficient (Wildman–Crippen LogP) is 1.95. The summed E-state index contributed by atoms with van der Waals surface area (Å²) >= 11 is 4.34. The largest absolute Gasteiger partial charge is 0.378 e. The molecule has 1 aliphatic rings. The van der Waals surface area contributed by atoms with Crippen LogP contribution in [0.25, 0.3) is 0 Å². The molecule has 0 radical (unpaired) electrons. The van der Waals surface area contributed by atoms with E-state index in [9.17, 15) is 0 Å². The van der Waals surface area contributed by atoms with E-state index in [0.29, 0.717) is 0 Å². The highest BCUT2D eigenvalue weighted by molar-refractivity contribution is 7.79. The second-order valence-electron chi connectivity index (χ2n) is 3.39. The number of para-hydroxylation sites is 1. The molecule has 2 nitrogen and oxygen atoms in total. The zero-order valence-electron chi connectivity index (χ0n) is 8.15. The molecule has 0 aliphatic carbocycles. The summed E-state index contributed by atoms with van der Waals surface area (Å²) in [6.45, 7) is 3.65. The van der Waals surface area contributed by atoms with Crippen LogP contribution in [0.4, 0.5) is 5.69 Å². The molecule has 76 valence electrons. The van der Waals surface area contributed by atoms with Gasteiger partial charge in [-0.1, -0.05) is 18.2 Å². The molecule has 1 fully saturated rings. The maximum Gasteiger partial charge on any atom is 0.0642 e. The number of rotatable bonds is 2. The van der Waals surface area contributed by atoms with Crippen LogP contribution in [0.3, 0.4) is 0 Å². The Hall–Kier alpha value is -0.670. The Morgan fingerprint density at radius 2 is 1.93 bits per heavy atom. The maximum atomic E-state index is 5.33. The molecule has 2 rings (SSSR count). The van der Waals surface area contributed by atoms with Crippen molar-refractivity contribution in [3.05, 3.63) is 29.8 Å². The summed E-state index contributed by atoms with van der Waals surface area (Å²) < 4.78 is 5.33. The van der Waals surface area contributed by atoms with Crippen LogP contribution in [0.2, 0.25) is 0 Å². The summed E-state index contributed by atoms with van der Waals surface area (Å²) in [5, 5.41) is 0. The summed E-state index contributed by atoms with van der Waals surface area (Å²) in [5.74, 6) is 0.799. The molecule has 0 atom stereocenters. The fourth-order valence-electron chi connectivity index (χ4n) is 1.76. The smallest absolute Gasteiger partial charge is 0.0642 e. The van der Waals surface area contributed by atoms with Crippen molar-refractivity contribution >= 4 is 18.3 Å². The van der Waals surface area contributed by atoms with Crippen LogP contribution in [-0.2, 0) is 10.5 Å². The molecule has 0 spiro atoms. The van der Waals surface area contributed by atoms with Gasteiger partial charge in [0.15, 0.2) is 0 Å². The molecule has 1 aromatic carbocycles. The van der Waals surface area contributed by atoms with Crippen molar-refractivity contribution < 1.29 is 4.74 Å². The second kappa shape index (κ2) is 4.71. The van der Waals surface area contributed by atoms with E-state index in [-0.39, 0.29) is 0 Å². The van der Waals surface area contributed by atoms with Gasteiger partial charge in [0.2, 0.25) is 0 Å². The highest BCUT2D eigenvalue weighted by atomic mass is 32.1. The van der Waals surface area contributed by atoms with Gasteiger partial charge >= 0.3 is 0 Å². The number of thiol groups is 1. The Morgan fingerprint density at radius 1 is 1.21 bits per heavy atom. The minimum Gasteiger partial charge on any atom is -0.378 e. The molecule has 0 N–H and O–H groups in total. The third-order valence-corrected chi connectivity index (χ3v) is 2.85. The SMILES string of the molecule is SCc1ccccc1N1CCOCC1. The molecule has 1 saturated heterocycles. The van der Waals surface area contributed by atoms with E-state index in [1.807, 2.05) is 0 Å². The topological polar surface area (TPSA) is 12.5 Å². The predicted molar refractivity (Wildman–Crippen MR) is 62.2 cm³/mol. The van der Waals surface area contributed by atoms with E-state index in [1.165, 1.54) is 11.3 Å². The third kappa shape index (κ3) is 2.04. The summed E-state index contributed by atoms with van der Waals surface area (Å²) in [4.78, 5) is 2.37. The van der Waals surface area contributed by atoms with Gasteiger partial charge in [0, 0.05) is 24.5 Å². The van der Waals surface area contributed by atoms with E-state index in [4.69, 9.17) is 4.74 Å². The van der Waals surface area contributed by atoms with Gasteiger partial charge in [-0.25, -0.2) is 0 Å². The quantitative estimate of drug-likeness (QED) is 0.747. The van der Waals surface area contributed by atoms with Gasteiger partial charge in [0.1, 0.15) is 0 Å². The molecule has 0 aromatic heterocycles. The highest BCUT2D eigenvalue weighted by Gasteiger charge is 2.13. The highest BCUT2D eigenvalue weighted by Crippen LogP contribution is 2.22. The van der Waals surface area contributed by atoms with Crippen molar-refractivity contribution in [1.82, 2.24) is 0 Å². The van der Waals surface area contributed by atoms with E-state index in [0.717, 1.165) is 32.1 Å². The van der Waals surface area contributed by atoms with Gasteiger partial charge in [-0.15, -0.1) is 0 Å². The molecule has 0 bridgehead atoms. The summed E-state index contributed by atoms with van der Waals surface area (Å²) in [5.41, 5.74) is 2.61. The Labute approximate surface area is 90.3 Å². The monoisotopic (exact) mass is 209 g/mol. The number of benzene rings is 1. The summed E-state index contributed by atoms with van der Waals surface area (Å²) in [7, 11) is 0. The molecular formula is C11H15NOS. The fourth-order valence-corrected chi connectivity index (χ4v) is 2.02. The lowest BCUT2D eigenvalue weighted by molar-refractivity contribution is 0.122. The van der Waals surface area contributed by atoms with Crippen LogP contribution < -0.4 is 4.90 Å². The number of hydrogen-bond donors (Lipinski definition) is 1. The zero-order chi connectivity index (χ0) is 9.80. The summed E-state index contributed by atoms with van der Waals surface area (Å²) in [6, 6.07) is 8.45. The first-order chi connectivity index (χ1) is 6.92. The molecule has 14 heavy (non-hydrogen) atoms. The molecule has 0 amide bonds. The van der Waals surface area contributed by atoms with Crippen LogP contribution in [0, 0.1) is 0 Å². The van der Waals surface area contributed by atoms with Crippen molar-refractivity contribution in [3.8, 4) is 0 Å². The van der Waals surface area contributed by atoms with Gasteiger partial charge in [-0.3, -0.25) is 0 Å². The molecule has 3 heteroatoms. The number of anilines is 1. The lowest BCUT2D eigenvalue weighted by atomic mass is 10.1. The van der Waals surface area contributed by atoms with Gasteiger partial charge in [0.25, 0.3) is 0 Å². The zero-order valence-corrected chi connectivity index (χ0v) is 9.04. The second-order valence-corrected chi connectivity index (χ2v) is 3.70.